The van der Waals surface area contributed by atoms with Gasteiger partial charge in [-0.05, 0) is 38.6 Å². The highest BCUT2D eigenvalue weighted by atomic mass is 35.5. The van der Waals surface area contributed by atoms with Crippen LogP contribution in [0.25, 0.3) is 0 Å². The molecule has 1 amide bonds. The molecule has 1 aromatic carbocycles. The lowest BCUT2D eigenvalue weighted by atomic mass is 10.2. The van der Waals surface area contributed by atoms with Crippen LogP contribution in [-0.2, 0) is 0 Å². The van der Waals surface area contributed by atoms with Crippen molar-refractivity contribution in [3.8, 4) is 11.5 Å². The summed E-state index contributed by atoms with van der Waals surface area (Å²) < 4.78 is 10.9. The Morgan fingerprint density at radius 2 is 2.05 bits per heavy atom. The van der Waals surface area contributed by atoms with Crippen molar-refractivity contribution in [1.82, 2.24) is 10.6 Å². The van der Waals surface area contributed by atoms with Gasteiger partial charge in [0.25, 0.3) is 5.91 Å². The highest BCUT2D eigenvalue weighted by Gasteiger charge is 2.15. The lowest BCUT2D eigenvalue weighted by Crippen LogP contribution is -2.26. The van der Waals surface area contributed by atoms with Crippen LogP contribution in [0.4, 0.5) is 0 Å². The van der Waals surface area contributed by atoms with Crippen LogP contribution in [0.5, 0.6) is 11.5 Å². The maximum absolute atomic E-state index is 12.1. The zero-order valence-corrected chi connectivity index (χ0v) is 14.3. The summed E-state index contributed by atoms with van der Waals surface area (Å²) in [5.41, 5.74) is 0.467. The lowest BCUT2D eigenvalue weighted by molar-refractivity contribution is 0.0953. The molecule has 0 aliphatic carbocycles. The van der Waals surface area contributed by atoms with E-state index in [0.29, 0.717) is 35.2 Å². The third-order valence-corrected chi connectivity index (χ3v) is 3.41. The monoisotopic (exact) mass is 328 g/mol. The van der Waals surface area contributed by atoms with Gasteiger partial charge in [-0.3, -0.25) is 4.79 Å². The molecule has 0 atom stereocenters. The number of methoxy groups -OCH3 is 1. The molecule has 0 unspecified atom stereocenters. The van der Waals surface area contributed by atoms with Crippen molar-refractivity contribution in [2.24, 2.45) is 0 Å². The van der Waals surface area contributed by atoms with Gasteiger partial charge in [-0.15, -0.1) is 0 Å². The minimum absolute atomic E-state index is 0.170. The van der Waals surface area contributed by atoms with E-state index in [9.17, 15) is 4.79 Å². The second-order valence-corrected chi connectivity index (χ2v) is 5.31. The highest BCUT2D eigenvalue weighted by Crippen LogP contribution is 2.36. The van der Waals surface area contributed by atoms with Crippen LogP contribution < -0.4 is 20.1 Å². The summed E-state index contributed by atoms with van der Waals surface area (Å²) in [6, 6.07) is 3.26. The Kier molecular flexibility index (Phi) is 8.70. The molecule has 1 aromatic rings. The predicted octanol–water partition coefficient (Wildman–Crippen LogP) is 2.87. The predicted molar refractivity (Wildman–Crippen MR) is 89.3 cm³/mol. The van der Waals surface area contributed by atoms with Gasteiger partial charge in [-0.2, -0.15) is 0 Å². The molecule has 5 nitrogen and oxygen atoms in total. The number of amides is 1. The first-order valence-corrected chi connectivity index (χ1v) is 7.95. The zero-order valence-electron chi connectivity index (χ0n) is 13.5. The Bertz CT molecular complexity index is 481. The van der Waals surface area contributed by atoms with Crippen LogP contribution in [0.1, 0.15) is 36.5 Å². The molecular weight excluding hydrogens is 304 g/mol. The Balaban J connectivity index is 2.76. The molecule has 0 bridgehead atoms. The maximum atomic E-state index is 12.1. The standard InChI is InChI=1S/C16H25ClN2O3/c1-4-5-9-22-15-13(17)10-12(11-14(15)21-3)16(20)19-8-6-7-18-2/h10-11,18H,4-9H2,1-3H3,(H,19,20). The quantitative estimate of drug-likeness (QED) is 0.648. The third kappa shape index (κ3) is 5.73. The Labute approximate surface area is 137 Å². The van der Waals surface area contributed by atoms with Crippen molar-refractivity contribution in [1.29, 1.82) is 0 Å². The van der Waals surface area contributed by atoms with Gasteiger partial charge < -0.3 is 20.1 Å². The van der Waals surface area contributed by atoms with Crippen LogP contribution in [0.3, 0.4) is 0 Å². The van der Waals surface area contributed by atoms with Crippen molar-refractivity contribution in [3.63, 3.8) is 0 Å². The van der Waals surface area contributed by atoms with Crippen LogP contribution in [-0.4, -0.2) is 39.8 Å². The van der Waals surface area contributed by atoms with E-state index in [1.807, 2.05) is 7.05 Å². The SMILES string of the molecule is CCCCOc1c(Cl)cc(C(=O)NCCCNC)cc1OC. The van der Waals surface area contributed by atoms with Crippen LogP contribution in [0, 0.1) is 0 Å². The van der Waals surface area contributed by atoms with Gasteiger partial charge >= 0.3 is 0 Å². The number of rotatable bonds is 10. The first-order chi connectivity index (χ1) is 10.6. The Hall–Kier alpha value is -1.46. The fourth-order valence-corrected chi connectivity index (χ4v) is 2.14. The minimum atomic E-state index is -0.170. The molecule has 22 heavy (non-hydrogen) atoms. The molecule has 6 heteroatoms. The number of halogens is 1. The van der Waals surface area contributed by atoms with Gasteiger partial charge in [-0.1, -0.05) is 24.9 Å². The molecule has 0 fully saturated rings. The summed E-state index contributed by atoms with van der Waals surface area (Å²) in [5, 5.41) is 6.27. The summed E-state index contributed by atoms with van der Waals surface area (Å²) in [7, 11) is 3.41. The summed E-state index contributed by atoms with van der Waals surface area (Å²) in [6.07, 6.45) is 2.84. The smallest absolute Gasteiger partial charge is 0.251 e. The van der Waals surface area contributed by atoms with E-state index in [2.05, 4.69) is 17.6 Å². The van der Waals surface area contributed by atoms with E-state index in [0.717, 1.165) is 25.8 Å². The Morgan fingerprint density at radius 3 is 2.68 bits per heavy atom. The molecule has 0 aliphatic rings. The number of unbranched alkanes of at least 4 members (excludes halogenated alkanes) is 1. The number of benzene rings is 1. The Morgan fingerprint density at radius 1 is 1.27 bits per heavy atom. The molecular formula is C16H25ClN2O3. The molecule has 124 valence electrons. The lowest BCUT2D eigenvalue weighted by Gasteiger charge is -2.14. The van der Waals surface area contributed by atoms with Gasteiger partial charge in [0.1, 0.15) is 0 Å². The van der Waals surface area contributed by atoms with E-state index >= 15 is 0 Å². The first kappa shape index (κ1) is 18.6. The molecule has 0 saturated heterocycles. The van der Waals surface area contributed by atoms with Crippen molar-refractivity contribution in [3.05, 3.63) is 22.7 Å². The summed E-state index contributed by atoms with van der Waals surface area (Å²) in [5.74, 6) is 0.796. The van der Waals surface area contributed by atoms with Gasteiger partial charge in [0, 0.05) is 12.1 Å². The number of nitrogens with one attached hydrogen (secondary N) is 2. The average Bonchev–Trinajstić information content (AvgIpc) is 2.52. The van der Waals surface area contributed by atoms with Gasteiger partial charge in [-0.25, -0.2) is 0 Å². The van der Waals surface area contributed by atoms with Crippen LogP contribution in [0.15, 0.2) is 12.1 Å². The molecule has 0 aromatic heterocycles. The molecule has 0 heterocycles. The van der Waals surface area contributed by atoms with E-state index in [4.69, 9.17) is 21.1 Å². The fourth-order valence-electron chi connectivity index (χ4n) is 1.88. The maximum Gasteiger partial charge on any atom is 0.251 e. The van der Waals surface area contributed by atoms with E-state index in [-0.39, 0.29) is 5.91 Å². The molecule has 0 aliphatic heterocycles. The van der Waals surface area contributed by atoms with E-state index in [1.165, 1.54) is 7.11 Å². The van der Waals surface area contributed by atoms with E-state index in [1.54, 1.807) is 12.1 Å². The topological polar surface area (TPSA) is 59.6 Å². The van der Waals surface area contributed by atoms with Crippen LogP contribution >= 0.6 is 11.6 Å². The van der Waals surface area contributed by atoms with Crippen molar-refractivity contribution >= 4 is 17.5 Å². The highest BCUT2D eigenvalue weighted by molar-refractivity contribution is 6.32. The van der Waals surface area contributed by atoms with Crippen LogP contribution in [0.2, 0.25) is 5.02 Å². The van der Waals surface area contributed by atoms with Gasteiger partial charge in [0.2, 0.25) is 0 Å². The third-order valence-electron chi connectivity index (χ3n) is 3.13. The molecule has 0 spiro atoms. The normalized spacial score (nSPS) is 10.4. The largest absolute Gasteiger partial charge is 0.493 e. The minimum Gasteiger partial charge on any atom is -0.493 e. The number of carbonyl (C=O) groups is 1. The van der Waals surface area contributed by atoms with Crippen molar-refractivity contribution in [2.45, 2.75) is 26.2 Å². The summed E-state index contributed by atoms with van der Waals surface area (Å²) in [6.45, 7) is 4.12. The van der Waals surface area contributed by atoms with E-state index < -0.39 is 0 Å². The number of hydrogen-bond donors (Lipinski definition) is 2. The molecule has 1 rings (SSSR count). The first-order valence-electron chi connectivity index (χ1n) is 7.57. The second-order valence-electron chi connectivity index (χ2n) is 4.90. The second kappa shape index (κ2) is 10.3. The molecule has 0 radical (unpaired) electrons. The van der Waals surface area contributed by atoms with Crippen molar-refractivity contribution < 1.29 is 14.3 Å². The van der Waals surface area contributed by atoms with Gasteiger partial charge in [0.15, 0.2) is 11.5 Å². The van der Waals surface area contributed by atoms with Gasteiger partial charge in [0.05, 0.1) is 18.7 Å². The fraction of sp³-hybridized carbons (Fsp3) is 0.562. The zero-order chi connectivity index (χ0) is 16.4. The van der Waals surface area contributed by atoms with Crippen molar-refractivity contribution in [2.75, 3.05) is 33.9 Å². The number of carbonyl (C=O) groups excluding carboxylic acids is 1. The summed E-state index contributed by atoms with van der Waals surface area (Å²) >= 11 is 6.23. The average molecular weight is 329 g/mol. The molecule has 0 saturated carbocycles. The number of hydrogen-bond acceptors (Lipinski definition) is 4. The summed E-state index contributed by atoms with van der Waals surface area (Å²) in [4.78, 5) is 12.1. The molecule has 2 N–H and O–H groups in total. The number of ether oxygens (including phenoxy) is 2.